The van der Waals surface area contributed by atoms with Crippen LogP contribution in [0.1, 0.15) is 49.5 Å². The summed E-state index contributed by atoms with van der Waals surface area (Å²) >= 11 is 0. The normalized spacial score (nSPS) is 17.2. The van der Waals surface area contributed by atoms with Gasteiger partial charge in [0.1, 0.15) is 23.1 Å². The quantitative estimate of drug-likeness (QED) is 0.824. The van der Waals surface area contributed by atoms with E-state index < -0.39 is 17.7 Å². The number of nitrogens with zero attached hydrogens (tertiary/aromatic N) is 3. The molecule has 8 heteroatoms. The first-order chi connectivity index (χ1) is 12.2. The van der Waals surface area contributed by atoms with Crippen molar-refractivity contribution in [2.45, 2.75) is 45.3 Å². The van der Waals surface area contributed by atoms with Crippen molar-refractivity contribution in [2.24, 2.45) is 0 Å². The number of ether oxygens (including phenoxy) is 2. The van der Waals surface area contributed by atoms with Gasteiger partial charge < -0.3 is 19.7 Å². The number of aromatic nitrogens is 1. The molecule has 2 rings (SSSR count). The minimum atomic E-state index is -0.564. The van der Waals surface area contributed by atoms with Crippen molar-refractivity contribution in [3.63, 3.8) is 0 Å². The highest BCUT2D eigenvalue weighted by molar-refractivity contribution is 5.95. The third-order valence-electron chi connectivity index (χ3n) is 3.84. The van der Waals surface area contributed by atoms with E-state index >= 15 is 0 Å². The second-order valence-electron chi connectivity index (χ2n) is 7.13. The molecule has 0 saturated carbocycles. The maximum Gasteiger partial charge on any atom is 0.407 e. The lowest BCUT2D eigenvalue weighted by Crippen LogP contribution is -2.49. The third kappa shape index (κ3) is 5.09. The molecule has 1 aromatic rings. The van der Waals surface area contributed by atoms with Crippen LogP contribution in [0.4, 0.5) is 10.6 Å². The molecule has 0 aliphatic carbocycles. The Hall–Kier alpha value is -2.82. The molecule has 1 aliphatic heterocycles. The largest absolute Gasteiger partial charge is 0.465 e. The number of anilines is 1. The molecule has 0 bridgehead atoms. The van der Waals surface area contributed by atoms with Crippen LogP contribution < -0.4 is 10.2 Å². The zero-order chi connectivity index (χ0) is 19.3. The van der Waals surface area contributed by atoms with Crippen molar-refractivity contribution in [1.82, 2.24) is 10.3 Å². The molecule has 1 aliphatic rings. The summed E-state index contributed by atoms with van der Waals surface area (Å²) in [7, 11) is 1.29. The van der Waals surface area contributed by atoms with Crippen LogP contribution in [0.5, 0.6) is 0 Å². The number of hydrogen-bond acceptors (Lipinski definition) is 7. The Morgan fingerprint density at radius 3 is 2.77 bits per heavy atom. The molecule has 2 heterocycles. The van der Waals surface area contributed by atoms with Crippen LogP contribution in [0, 0.1) is 11.3 Å². The van der Waals surface area contributed by atoms with Gasteiger partial charge in [-0.15, -0.1) is 0 Å². The summed E-state index contributed by atoms with van der Waals surface area (Å²) in [5.41, 5.74) is -0.0374. The van der Waals surface area contributed by atoms with Gasteiger partial charge >= 0.3 is 12.1 Å². The zero-order valence-electron chi connectivity index (χ0n) is 15.5. The summed E-state index contributed by atoms with van der Waals surface area (Å²) in [4.78, 5) is 30.3. The SMILES string of the molecule is COC(=O)c1cc(C#N)cnc1N1CCC[C@@H](NC(=O)OC(C)(C)C)C1. The Balaban J connectivity index is 2.15. The maximum atomic E-state index is 12.1. The molecular weight excluding hydrogens is 336 g/mol. The number of nitriles is 1. The Morgan fingerprint density at radius 1 is 1.42 bits per heavy atom. The molecule has 1 N–H and O–H groups in total. The fraction of sp³-hybridized carbons (Fsp3) is 0.556. The summed E-state index contributed by atoms with van der Waals surface area (Å²) in [6, 6.07) is 3.32. The highest BCUT2D eigenvalue weighted by Crippen LogP contribution is 2.24. The molecular formula is C18H24N4O4. The van der Waals surface area contributed by atoms with Gasteiger partial charge in [-0.05, 0) is 39.7 Å². The fourth-order valence-electron chi connectivity index (χ4n) is 2.79. The van der Waals surface area contributed by atoms with Crippen LogP contribution in [0.25, 0.3) is 0 Å². The number of nitrogens with one attached hydrogen (secondary N) is 1. The summed E-state index contributed by atoms with van der Waals surface area (Å²) in [5, 5.41) is 11.9. The van der Waals surface area contributed by atoms with E-state index in [2.05, 4.69) is 10.3 Å². The number of methoxy groups -OCH3 is 1. The average Bonchev–Trinajstić information content (AvgIpc) is 2.59. The lowest BCUT2D eigenvalue weighted by molar-refractivity contribution is 0.0498. The van der Waals surface area contributed by atoms with E-state index in [4.69, 9.17) is 14.7 Å². The first kappa shape index (κ1) is 19.5. The van der Waals surface area contributed by atoms with Crippen LogP contribution >= 0.6 is 0 Å². The van der Waals surface area contributed by atoms with Gasteiger partial charge in [0, 0.05) is 25.3 Å². The molecule has 0 aromatic carbocycles. The third-order valence-corrected chi connectivity index (χ3v) is 3.84. The monoisotopic (exact) mass is 360 g/mol. The van der Waals surface area contributed by atoms with Crippen molar-refractivity contribution in [2.75, 3.05) is 25.1 Å². The highest BCUT2D eigenvalue weighted by atomic mass is 16.6. The van der Waals surface area contributed by atoms with E-state index in [0.29, 0.717) is 18.9 Å². The van der Waals surface area contributed by atoms with Gasteiger partial charge in [0.2, 0.25) is 0 Å². The molecule has 1 amide bonds. The number of esters is 1. The number of carbonyl (C=O) groups excluding carboxylic acids is 2. The van der Waals surface area contributed by atoms with Crippen LogP contribution in [-0.4, -0.2) is 48.9 Å². The molecule has 1 atom stereocenters. The zero-order valence-corrected chi connectivity index (χ0v) is 15.5. The van der Waals surface area contributed by atoms with Gasteiger partial charge in [-0.1, -0.05) is 0 Å². The lowest BCUT2D eigenvalue weighted by Gasteiger charge is -2.35. The topological polar surface area (TPSA) is 105 Å². The van der Waals surface area contributed by atoms with Gasteiger partial charge in [0.05, 0.1) is 12.7 Å². The predicted molar refractivity (Wildman–Crippen MR) is 94.9 cm³/mol. The van der Waals surface area contributed by atoms with E-state index in [0.717, 1.165) is 12.8 Å². The van der Waals surface area contributed by atoms with Crippen molar-refractivity contribution < 1.29 is 19.1 Å². The second-order valence-corrected chi connectivity index (χ2v) is 7.13. The van der Waals surface area contributed by atoms with E-state index in [1.54, 1.807) is 0 Å². The van der Waals surface area contributed by atoms with Crippen molar-refractivity contribution >= 4 is 17.9 Å². The summed E-state index contributed by atoms with van der Waals surface area (Å²) in [5.74, 6) is -0.0987. The van der Waals surface area contributed by atoms with E-state index in [1.165, 1.54) is 19.4 Å². The smallest absolute Gasteiger partial charge is 0.407 e. The van der Waals surface area contributed by atoms with Gasteiger partial charge in [0.15, 0.2) is 0 Å². The minimum absolute atomic E-state index is 0.124. The maximum absolute atomic E-state index is 12.1. The molecule has 0 spiro atoms. The summed E-state index contributed by atoms with van der Waals surface area (Å²) in [6.07, 6.45) is 2.58. The number of carbonyl (C=O) groups is 2. The summed E-state index contributed by atoms with van der Waals surface area (Å²) in [6.45, 7) is 6.60. The summed E-state index contributed by atoms with van der Waals surface area (Å²) < 4.78 is 10.1. The van der Waals surface area contributed by atoms with Crippen molar-refractivity contribution in [3.05, 3.63) is 23.4 Å². The van der Waals surface area contributed by atoms with Crippen molar-refractivity contribution in [1.29, 1.82) is 5.26 Å². The van der Waals surface area contributed by atoms with Crippen LogP contribution in [0.3, 0.4) is 0 Å². The molecule has 1 saturated heterocycles. The van der Waals surface area contributed by atoms with Gasteiger partial charge in [-0.3, -0.25) is 0 Å². The number of piperidine rings is 1. The number of alkyl carbamates (subject to hydrolysis) is 1. The molecule has 0 unspecified atom stereocenters. The van der Waals surface area contributed by atoms with E-state index in [9.17, 15) is 9.59 Å². The number of hydrogen-bond donors (Lipinski definition) is 1. The average molecular weight is 360 g/mol. The van der Waals surface area contributed by atoms with Crippen LogP contribution in [0.15, 0.2) is 12.3 Å². The minimum Gasteiger partial charge on any atom is -0.465 e. The molecule has 0 radical (unpaired) electrons. The standard InChI is InChI=1S/C18H24N4O4/c1-18(2,3)26-17(24)21-13-6-5-7-22(11-13)15-14(16(23)25-4)8-12(9-19)10-20-15/h8,10,13H,5-7,11H2,1-4H3,(H,21,24)/t13-/m1/s1. The molecule has 140 valence electrons. The Morgan fingerprint density at radius 2 is 2.15 bits per heavy atom. The predicted octanol–water partition coefficient (Wildman–Crippen LogP) is 2.23. The molecule has 26 heavy (non-hydrogen) atoms. The first-order valence-electron chi connectivity index (χ1n) is 8.46. The number of pyridine rings is 1. The Bertz CT molecular complexity index is 721. The van der Waals surface area contributed by atoms with Gasteiger partial charge in [-0.2, -0.15) is 5.26 Å². The van der Waals surface area contributed by atoms with Gasteiger partial charge in [0.25, 0.3) is 0 Å². The fourth-order valence-corrected chi connectivity index (χ4v) is 2.79. The molecule has 1 fully saturated rings. The Kier molecular flexibility index (Phi) is 6.03. The van der Waals surface area contributed by atoms with Crippen LogP contribution in [0.2, 0.25) is 0 Å². The first-order valence-corrected chi connectivity index (χ1v) is 8.46. The van der Waals surface area contributed by atoms with Gasteiger partial charge in [-0.25, -0.2) is 14.6 Å². The molecule has 8 nitrogen and oxygen atoms in total. The highest BCUT2D eigenvalue weighted by Gasteiger charge is 2.27. The van der Waals surface area contributed by atoms with Crippen molar-refractivity contribution in [3.8, 4) is 6.07 Å². The van der Waals surface area contributed by atoms with Crippen LogP contribution in [-0.2, 0) is 9.47 Å². The number of amides is 1. The Labute approximate surface area is 153 Å². The number of rotatable bonds is 3. The van der Waals surface area contributed by atoms with E-state index in [1.807, 2.05) is 31.7 Å². The molecule has 1 aromatic heterocycles. The second kappa shape index (κ2) is 8.04. The van der Waals surface area contributed by atoms with E-state index in [-0.39, 0.29) is 17.2 Å². The lowest BCUT2D eigenvalue weighted by atomic mass is 10.0.